The predicted octanol–water partition coefficient (Wildman–Crippen LogP) is -0.642. The van der Waals surface area contributed by atoms with Crippen LogP contribution >= 0.6 is 0 Å². The van der Waals surface area contributed by atoms with E-state index in [9.17, 15) is 14.7 Å². The Morgan fingerprint density at radius 3 is 3.00 bits per heavy atom. The van der Waals surface area contributed by atoms with Crippen LogP contribution in [0.1, 0.15) is 26.2 Å². The maximum Gasteiger partial charge on any atom is 0.224 e. The molecule has 0 aromatic carbocycles. The van der Waals surface area contributed by atoms with Gasteiger partial charge in [0.05, 0.1) is 25.2 Å². The fourth-order valence-corrected chi connectivity index (χ4v) is 1.73. The van der Waals surface area contributed by atoms with E-state index in [1.807, 2.05) is 0 Å². The van der Waals surface area contributed by atoms with Crippen molar-refractivity contribution in [3.8, 4) is 0 Å². The molecule has 0 bridgehead atoms. The van der Waals surface area contributed by atoms with Gasteiger partial charge in [-0.25, -0.2) is 0 Å². The molecule has 1 unspecified atom stereocenters. The number of aliphatic hydroxyl groups is 1. The molecule has 103 valence electrons. The van der Waals surface area contributed by atoms with E-state index in [0.717, 1.165) is 6.42 Å². The average molecular weight is 257 g/mol. The zero-order valence-corrected chi connectivity index (χ0v) is 10.6. The molecule has 1 radical (unpaired) electrons. The highest BCUT2D eigenvalue weighted by atomic mass is 16.5. The van der Waals surface area contributed by atoms with E-state index < -0.39 is 12.0 Å². The first-order valence-corrected chi connectivity index (χ1v) is 6.19. The second-order valence-corrected chi connectivity index (χ2v) is 4.64. The number of hydrogen-bond donors (Lipinski definition) is 3. The van der Waals surface area contributed by atoms with E-state index in [1.54, 1.807) is 6.92 Å². The van der Waals surface area contributed by atoms with Gasteiger partial charge in [0, 0.05) is 12.5 Å². The van der Waals surface area contributed by atoms with Crippen molar-refractivity contribution in [3.63, 3.8) is 0 Å². The van der Waals surface area contributed by atoms with E-state index in [1.165, 1.54) is 6.42 Å². The summed E-state index contributed by atoms with van der Waals surface area (Å²) in [7, 11) is 0. The quantitative estimate of drug-likeness (QED) is 0.609. The number of ether oxygens (including phenoxy) is 1. The Balaban J connectivity index is 2.32. The average Bonchev–Trinajstić information content (AvgIpc) is 2.52. The summed E-state index contributed by atoms with van der Waals surface area (Å²) in [5, 5.41) is 12.5. The Morgan fingerprint density at radius 1 is 1.61 bits per heavy atom. The number of nitrogens with two attached hydrogens (primary N) is 1. The maximum absolute atomic E-state index is 11.6. The number of hydrogen-bond acceptors (Lipinski definition) is 4. The van der Waals surface area contributed by atoms with Gasteiger partial charge in [-0.3, -0.25) is 9.59 Å². The molecular weight excluding hydrogens is 236 g/mol. The molecule has 6 nitrogen and oxygen atoms in total. The Morgan fingerprint density at radius 2 is 2.33 bits per heavy atom. The van der Waals surface area contributed by atoms with Crippen molar-refractivity contribution in [1.82, 2.24) is 5.32 Å². The number of carbonyl (C=O) groups is 2. The van der Waals surface area contributed by atoms with Crippen LogP contribution in [0.15, 0.2) is 0 Å². The number of nitrogens with one attached hydrogen (secondary N) is 1. The van der Waals surface area contributed by atoms with Crippen molar-refractivity contribution < 1.29 is 19.4 Å². The van der Waals surface area contributed by atoms with Gasteiger partial charge in [0.1, 0.15) is 0 Å². The molecule has 1 rings (SSSR count). The summed E-state index contributed by atoms with van der Waals surface area (Å²) in [5.41, 5.74) is 5.10. The second-order valence-electron chi connectivity index (χ2n) is 4.64. The first-order valence-electron chi connectivity index (χ1n) is 6.19. The molecule has 6 heteroatoms. The lowest BCUT2D eigenvalue weighted by Crippen LogP contribution is -2.44. The third kappa shape index (κ3) is 5.01. The van der Waals surface area contributed by atoms with Gasteiger partial charge in [-0.15, -0.1) is 0 Å². The van der Waals surface area contributed by atoms with Crippen LogP contribution in [0, 0.1) is 12.3 Å². The van der Waals surface area contributed by atoms with Gasteiger partial charge in [-0.1, -0.05) is 6.92 Å². The molecule has 1 aliphatic rings. The van der Waals surface area contributed by atoms with Crippen LogP contribution in [0.5, 0.6) is 0 Å². The zero-order valence-electron chi connectivity index (χ0n) is 10.6. The smallest absolute Gasteiger partial charge is 0.224 e. The zero-order chi connectivity index (χ0) is 13.5. The highest BCUT2D eigenvalue weighted by molar-refractivity contribution is 5.86. The minimum absolute atomic E-state index is 0.239. The Labute approximate surface area is 107 Å². The number of carbonyl (C=O) groups excluding carboxylic acids is 2. The van der Waals surface area contributed by atoms with Crippen LogP contribution < -0.4 is 11.1 Å². The number of rotatable bonds is 5. The minimum Gasteiger partial charge on any atom is -0.389 e. The van der Waals surface area contributed by atoms with Gasteiger partial charge in [0.2, 0.25) is 11.8 Å². The summed E-state index contributed by atoms with van der Waals surface area (Å²) >= 11 is 0. The third-order valence-corrected chi connectivity index (χ3v) is 3.03. The van der Waals surface area contributed by atoms with Crippen molar-refractivity contribution in [2.45, 2.75) is 38.3 Å². The fraction of sp³-hybridized carbons (Fsp3) is 0.750. The summed E-state index contributed by atoms with van der Waals surface area (Å²) in [6.45, 7) is 2.51. The fourth-order valence-electron chi connectivity index (χ4n) is 1.73. The molecule has 2 amide bonds. The minimum atomic E-state index is -0.682. The second kappa shape index (κ2) is 7.33. The van der Waals surface area contributed by atoms with Gasteiger partial charge in [0.25, 0.3) is 0 Å². The van der Waals surface area contributed by atoms with E-state index in [0.29, 0.717) is 19.4 Å². The van der Waals surface area contributed by atoms with E-state index in [2.05, 4.69) is 5.32 Å². The lowest BCUT2D eigenvalue weighted by molar-refractivity contribution is -0.121. The Hall–Kier alpha value is -1.14. The van der Waals surface area contributed by atoms with Gasteiger partial charge < -0.3 is 20.9 Å². The molecule has 0 aromatic heterocycles. The Bertz CT molecular complexity index is 296. The first-order chi connectivity index (χ1) is 8.50. The van der Waals surface area contributed by atoms with E-state index in [-0.39, 0.29) is 24.5 Å². The van der Waals surface area contributed by atoms with Crippen LogP contribution in [0.4, 0.5) is 0 Å². The lowest BCUT2D eigenvalue weighted by Gasteiger charge is -2.21. The summed E-state index contributed by atoms with van der Waals surface area (Å²) in [6.07, 6.45) is 2.51. The van der Waals surface area contributed by atoms with Crippen molar-refractivity contribution in [3.05, 3.63) is 6.42 Å². The summed E-state index contributed by atoms with van der Waals surface area (Å²) < 4.78 is 5.18. The van der Waals surface area contributed by atoms with Gasteiger partial charge in [-0.2, -0.15) is 0 Å². The van der Waals surface area contributed by atoms with Crippen molar-refractivity contribution in [1.29, 1.82) is 0 Å². The predicted molar refractivity (Wildman–Crippen MR) is 65.3 cm³/mol. The van der Waals surface area contributed by atoms with Gasteiger partial charge in [-0.05, 0) is 19.3 Å². The molecule has 1 saturated heterocycles. The van der Waals surface area contributed by atoms with Crippen LogP contribution in [0.2, 0.25) is 0 Å². The molecule has 0 saturated carbocycles. The molecule has 0 aliphatic carbocycles. The summed E-state index contributed by atoms with van der Waals surface area (Å²) in [4.78, 5) is 22.4. The molecule has 0 spiro atoms. The van der Waals surface area contributed by atoms with Crippen LogP contribution in [0.3, 0.4) is 0 Å². The summed E-state index contributed by atoms with van der Waals surface area (Å²) in [6, 6.07) is -0.292. The standard InChI is InChI=1S/C12H21N2O4/c1-8(12(13)17)4-5-11(16)14-9-3-2-6-18-7-10(9)15/h5,8-10,15H,2-4,6-7H2,1H3,(H2,13,17)(H,14,16)/t8?,9-,10+/m0/s1. The molecule has 18 heavy (non-hydrogen) atoms. The molecular formula is C12H21N2O4. The van der Waals surface area contributed by atoms with E-state index in [4.69, 9.17) is 10.5 Å². The van der Waals surface area contributed by atoms with Crippen LogP contribution in [0.25, 0.3) is 0 Å². The molecule has 1 aliphatic heterocycles. The SMILES string of the molecule is CC(C[CH]C(=O)N[C@H]1CCCOC[C@H]1O)C(N)=O. The van der Waals surface area contributed by atoms with Crippen LogP contribution in [-0.2, 0) is 14.3 Å². The maximum atomic E-state index is 11.6. The first kappa shape index (κ1) is 14.9. The summed E-state index contributed by atoms with van der Waals surface area (Å²) in [5.74, 6) is -1.07. The number of primary amides is 1. The normalized spacial score (nSPS) is 26.1. The molecule has 1 heterocycles. The lowest BCUT2D eigenvalue weighted by atomic mass is 10.0. The highest BCUT2D eigenvalue weighted by Crippen LogP contribution is 2.10. The van der Waals surface area contributed by atoms with Gasteiger partial charge in [0.15, 0.2) is 0 Å². The number of aliphatic hydroxyl groups excluding tert-OH is 1. The number of amides is 2. The van der Waals surface area contributed by atoms with Crippen molar-refractivity contribution in [2.75, 3.05) is 13.2 Å². The van der Waals surface area contributed by atoms with E-state index >= 15 is 0 Å². The third-order valence-electron chi connectivity index (χ3n) is 3.03. The highest BCUT2D eigenvalue weighted by Gasteiger charge is 2.24. The molecule has 1 fully saturated rings. The van der Waals surface area contributed by atoms with Crippen molar-refractivity contribution >= 4 is 11.8 Å². The molecule has 4 N–H and O–H groups in total. The van der Waals surface area contributed by atoms with Gasteiger partial charge >= 0.3 is 0 Å². The molecule has 0 aromatic rings. The molecule has 3 atom stereocenters. The Kier molecular flexibility index (Phi) is 6.07. The topological polar surface area (TPSA) is 102 Å². The van der Waals surface area contributed by atoms with Crippen molar-refractivity contribution in [2.24, 2.45) is 11.7 Å². The monoisotopic (exact) mass is 257 g/mol. The largest absolute Gasteiger partial charge is 0.389 e. The van der Waals surface area contributed by atoms with Crippen LogP contribution in [-0.4, -0.2) is 42.3 Å².